The fourth-order valence-electron chi connectivity index (χ4n) is 4.07. The summed E-state index contributed by atoms with van der Waals surface area (Å²) in [5.41, 5.74) is 0.732. The quantitative estimate of drug-likeness (QED) is 0.803. The zero-order valence-corrected chi connectivity index (χ0v) is 17.4. The molecule has 0 aliphatic carbocycles. The second kappa shape index (κ2) is 7.91. The van der Waals surface area contributed by atoms with Crippen LogP contribution in [0.25, 0.3) is 0 Å². The standard InChI is InChI=1S/C22H33NO4/c1-7-22(19(24)25)12-13-23(20(26)27-21(4,5)6)14-18(22)17-11-9-8-10-16(17)15(2)3/h8-11,15,18H,7,12-14H2,1-6H3,(H,24,25). The predicted octanol–water partition coefficient (Wildman–Crippen LogP) is 5.02. The predicted molar refractivity (Wildman–Crippen MR) is 106 cm³/mol. The number of carboxylic acids is 1. The molecule has 2 atom stereocenters. The van der Waals surface area contributed by atoms with Crippen molar-refractivity contribution in [1.29, 1.82) is 0 Å². The van der Waals surface area contributed by atoms with E-state index in [1.54, 1.807) is 4.90 Å². The molecule has 1 aliphatic heterocycles. The third kappa shape index (κ3) is 4.45. The van der Waals surface area contributed by atoms with Crippen molar-refractivity contribution < 1.29 is 19.4 Å². The highest BCUT2D eigenvalue weighted by atomic mass is 16.6. The highest BCUT2D eigenvalue weighted by Gasteiger charge is 2.50. The van der Waals surface area contributed by atoms with Crippen LogP contribution < -0.4 is 0 Å². The van der Waals surface area contributed by atoms with Crippen LogP contribution in [0.5, 0.6) is 0 Å². The number of carbonyl (C=O) groups excluding carboxylic acids is 1. The number of nitrogens with zero attached hydrogens (tertiary/aromatic N) is 1. The van der Waals surface area contributed by atoms with E-state index in [-0.39, 0.29) is 17.9 Å². The fraction of sp³-hybridized carbons (Fsp3) is 0.636. The van der Waals surface area contributed by atoms with Crippen molar-refractivity contribution in [3.63, 3.8) is 0 Å². The molecule has 2 unspecified atom stereocenters. The van der Waals surface area contributed by atoms with Gasteiger partial charge in [-0.25, -0.2) is 4.79 Å². The molecule has 2 rings (SSSR count). The third-order valence-electron chi connectivity index (χ3n) is 5.60. The largest absolute Gasteiger partial charge is 0.481 e. The van der Waals surface area contributed by atoms with Crippen molar-refractivity contribution in [2.24, 2.45) is 5.41 Å². The highest BCUT2D eigenvalue weighted by Crippen LogP contribution is 2.47. The van der Waals surface area contributed by atoms with Gasteiger partial charge in [0, 0.05) is 19.0 Å². The molecule has 150 valence electrons. The maximum Gasteiger partial charge on any atom is 0.410 e. The topological polar surface area (TPSA) is 66.8 Å². The van der Waals surface area contributed by atoms with Crippen LogP contribution in [-0.4, -0.2) is 40.8 Å². The van der Waals surface area contributed by atoms with Gasteiger partial charge in [0.05, 0.1) is 5.41 Å². The van der Waals surface area contributed by atoms with Crippen molar-refractivity contribution in [2.45, 2.75) is 71.8 Å². The van der Waals surface area contributed by atoms with Crippen molar-refractivity contribution >= 4 is 12.1 Å². The Balaban J connectivity index is 2.46. The minimum absolute atomic E-state index is 0.264. The lowest BCUT2D eigenvalue weighted by Crippen LogP contribution is -2.52. The molecule has 1 aliphatic rings. The van der Waals surface area contributed by atoms with Gasteiger partial charge < -0.3 is 14.7 Å². The Morgan fingerprint density at radius 3 is 2.44 bits per heavy atom. The molecule has 1 fully saturated rings. The van der Waals surface area contributed by atoms with Gasteiger partial charge in [-0.05, 0) is 50.7 Å². The van der Waals surface area contributed by atoms with Crippen LogP contribution in [0, 0.1) is 5.41 Å². The van der Waals surface area contributed by atoms with Crippen molar-refractivity contribution in [3.8, 4) is 0 Å². The Bertz CT molecular complexity index is 692. The summed E-state index contributed by atoms with van der Waals surface area (Å²) in [7, 11) is 0. The zero-order chi connectivity index (χ0) is 20.4. The Hall–Kier alpha value is -2.04. The van der Waals surface area contributed by atoms with Crippen LogP contribution in [-0.2, 0) is 9.53 Å². The molecule has 1 heterocycles. The fourth-order valence-corrected chi connectivity index (χ4v) is 4.07. The van der Waals surface area contributed by atoms with Gasteiger partial charge >= 0.3 is 12.1 Å². The van der Waals surface area contributed by atoms with Crippen LogP contribution in [0.2, 0.25) is 0 Å². The monoisotopic (exact) mass is 375 g/mol. The number of ether oxygens (including phenoxy) is 1. The van der Waals surface area contributed by atoms with Crippen LogP contribution in [0.1, 0.15) is 77.3 Å². The number of amides is 1. The highest BCUT2D eigenvalue weighted by molar-refractivity contribution is 5.77. The Kier molecular flexibility index (Phi) is 6.23. The van der Waals surface area contributed by atoms with Crippen LogP contribution in [0.4, 0.5) is 4.79 Å². The van der Waals surface area contributed by atoms with E-state index in [0.29, 0.717) is 25.9 Å². The van der Waals surface area contributed by atoms with Gasteiger partial charge in [0.1, 0.15) is 5.60 Å². The normalized spacial score (nSPS) is 23.4. The van der Waals surface area contributed by atoms with E-state index in [1.165, 1.54) is 0 Å². The summed E-state index contributed by atoms with van der Waals surface area (Å²) in [6.07, 6.45) is 0.584. The van der Waals surface area contributed by atoms with Gasteiger partial charge in [-0.3, -0.25) is 4.79 Å². The molecule has 27 heavy (non-hydrogen) atoms. The number of piperidine rings is 1. The summed E-state index contributed by atoms with van der Waals surface area (Å²) >= 11 is 0. The van der Waals surface area contributed by atoms with Crippen molar-refractivity contribution in [2.75, 3.05) is 13.1 Å². The first-order valence-electron chi connectivity index (χ1n) is 9.82. The number of carbonyl (C=O) groups is 2. The van der Waals surface area contributed by atoms with Gasteiger partial charge in [-0.1, -0.05) is 45.0 Å². The molecule has 0 spiro atoms. The van der Waals surface area contributed by atoms with E-state index in [9.17, 15) is 14.7 Å². The van der Waals surface area contributed by atoms with E-state index in [4.69, 9.17) is 4.74 Å². The summed E-state index contributed by atoms with van der Waals surface area (Å²) in [6.45, 7) is 12.4. The summed E-state index contributed by atoms with van der Waals surface area (Å²) in [6, 6.07) is 8.03. The summed E-state index contributed by atoms with van der Waals surface area (Å²) in [5, 5.41) is 10.1. The summed E-state index contributed by atoms with van der Waals surface area (Å²) < 4.78 is 5.54. The van der Waals surface area contributed by atoms with E-state index < -0.39 is 17.0 Å². The molecule has 1 amide bonds. The Morgan fingerprint density at radius 2 is 1.93 bits per heavy atom. The van der Waals surface area contributed by atoms with E-state index in [1.807, 2.05) is 45.9 Å². The molecular weight excluding hydrogens is 342 g/mol. The first kappa shape index (κ1) is 21.3. The molecule has 0 saturated carbocycles. The van der Waals surface area contributed by atoms with Crippen molar-refractivity contribution in [1.82, 2.24) is 4.90 Å². The smallest absolute Gasteiger partial charge is 0.410 e. The lowest BCUT2D eigenvalue weighted by atomic mass is 9.64. The Labute approximate surface area is 162 Å². The SMILES string of the molecule is CCC1(C(=O)O)CCN(C(=O)OC(C)(C)C)CC1c1ccccc1C(C)C. The molecule has 1 saturated heterocycles. The lowest BCUT2D eigenvalue weighted by molar-refractivity contribution is -0.154. The molecule has 0 bridgehead atoms. The molecule has 1 aromatic rings. The molecule has 5 heteroatoms. The maximum atomic E-state index is 12.6. The molecule has 0 aromatic heterocycles. The number of hydrogen-bond donors (Lipinski definition) is 1. The zero-order valence-electron chi connectivity index (χ0n) is 17.4. The van der Waals surface area contributed by atoms with Crippen molar-refractivity contribution in [3.05, 3.63) is 35.4 Å². The van der Waals surface area contributed by atoms with Crippen LogP contribution in [0.3, 0.4) is 0 Å². The maximum absolute atomic E-state index is 12.6. The first-order valence-corrected chi connectivity index (χ1v) is 9.82. The van der Waals surface area contributed by atoms with Crippen LogP contribution in [0.15, 0.2) is 24.3 Å². The van der Waals surface area contributed by atoms with Gasteiger partial charge in [0.25, 0.3) is 0 Å². The van der Waals surface area contributed by atoms with E-state index in [2.05, 4.69) is 19.9 Å². The molecule has 5 nitrogen and oxygen atoms in total. The van der Waals surface area contributed by atoms with Crippen LogP contribution >= 0.6 is 0 Å². The van der Waals surface area contributed by atoms with Gasteiger partial charge in [0.15, 0.2) is 0 Å². The van der Waals surface area contributed by atoms with Gasteiger partial charge in [-0.15, -0.1) is 0 Å². The van der Waals surface area contributed by atoms with E-state index >= 15 is 0 Å². The molecule has 1 N–H and O–H groups in total. The number of carboxylic acid groups (broad SMARTS) is 1. The Morgan fingerprint density at radius 1 is 1.30 bits per heavy atom. The average molecular weight is 376 g/mol. The lowest BCUT2D eigenvalue weighted by Gasteiger charge is -2.46. The number of likely N-dealkylation sites (tertiary alicyclic amines) is 1. The number of hydrogen-bond acceptors (Lipinski definition) is 3. The third-order valence-corrected chi connectivity index (χ3v) is 5.60. The average Bonchev–Trinajstić information content (AvgIpc) is 2.59. The first-order chi connectivity index (χ1) is 12.5. The summed E-state index contributed by atoms with van der Waals surface area (Å²) in [4.78, 5) is 26.6. The second-order valence-corrected chi connectivity index (χ2v) is 8.83. The number of aliphatic carboxylic acids is 1. The van der Waals surface area contributed by atoms with E-state index in [0.717, 1.165) is 11.1 Å². The minimum Gasteiger partial charge on any atom is -0.481 e. The minimum atomic E-state index is -0.872. The van der Waals surface area contributed by atoms with Gasteiger partial charge in [0.2, 0.25) is 0 Å². The second-order valence-electron chi connectivity index (χ2n) is 8.83. The summed E-state index contributed by atoms with van der Waals surface area (Å²) in [5.74, 6) is -0.765. The molecule has 0 radical (unpaired) electrons. The number of rotatable bonds is 4. The number of benzene rings is 1. The van der Waals surface area contributed by atoms with Gasteiger partial charge in [-0.2, -0.15) is 0 Å². The molecular formula is C22H33NO4. The molecule has 1 aromatic carbocycles.